The molecule has 0 spiro atoms. The summed E-state index contributed by atoms with van der Waals surface area (Å²) in [6.45, 7) is 1.09. The van der Waals surface area contributed by atoms with Crippen LogP contribution in [-0.2, 0) is 4.79 Å². The van der Waals surface area contributed by atoms with Gasteiger partial charge in [-0.2, -0.15) is 0 Å². The molecule has 6 nitrogen and oxygen atoms in total. The second kappa shape index (κ2) is 4.53. The van der Waals surface area contributed by atoms with Crippen LogP contribution < -0.4 is 10.2 Å². The SMILES string of the molecule is CC(=O)Oc1c([N+](=O)[O-])sc2ccccc2c1=O. The van der Waals surface area contributed by atoms with E-state index in [0.717, 1.165) is 18.3 Å². The summed E-state index contributed by atoms with van der Waals surface area (Å²) in [6.07, 6.45) is 0. The quantitative estimate of drug-likeness (QED) is 0.471. The number of ether oxygens (including phenoxy) is 1. The number of fused-ring (bicyclic) bond motifs is 1. The van der Waals surface area contributed by atoms with Crippen molar-refractivity contribution in [2.24, 2.45) is 0 Å². The Hall–Kier alpha value is -2.28. The molecule has 1 heterocycles. The van der Waals surface area contributed by atoms with Crippen molar-refractivity contribution in [3.05, 3.63) is 44.6 Å². The van der Waals surface area contributed by atoms with Gasteiger partial charge in [0.2, 0.25) is 5.43 Å². The Bertz CT molecular complexity index is 706. The van der Waals surface area contributed by atoms with Crippen molar-refractivity contribution in [3.63, 3.8) is 0 Å². The van der Waals surface area contributed by atoms with E-state index < -0.39 is 27.1 Å². The molecule has 1 aromatic carbocycles. The maximum absolute atomic E-state index is 12.0. The normalized spacial score (nSPS) is 10.3. The van der Waals surface area contributed by atoms with Crippen molar-refractivity contribution in [1.82, 2.24) is 0 Å². The minimum absolute atomic E-state index is 0.296. The highest BCUT2D eigenvalue weighted by Gasteiger charge is 2.24. The molecular weight excluding hydrogens is 258 g/mol. The van der Waals surface area contributed by atoms with Crippen molar-refractivity contribution in [3.8, 4) is 5.75 Å². The number of nitro groups is 1. The second-order valence-corrected chi connectivity index (χ2v) is 4.44. The first-order chi connectivity index (χ1) is 8.50. The van der Waals surface area contributed by atoms with Crippen molar-refractivity contribution in [1.29, 1.82) is 0 Å². The molecule has 0 amide bonds. The fourth-order valence-electron chi connectivity index (χ4n) is 1.47. The van der Waals surface area contributed by atoms with Crippen molar-refractivity contribution in [2.45, 2.75) is 6.92 Å². The molecule has 0 fully saturated rings. The summed E-state index contributed by atoms with van der Waals surface area (Å²) >= 11 is 0.801. The predicted molar refractivity (Wildman–Crippen MR) is 66.1 cm³/mol. The summed E-state index contributed by atoms with van der Waals surface area (Å²) in [7, 11) is 0. The Labute approximate surface area is 105 Å². The topological polar surface area (TPSA) is 86.5 Å². The number of carbonyl (C=O) groups is 1. The molecule has 18 heavy (non-hydrogen) atoms. The van der Waals surface area contributed by atoms with Crippen LogP contribution in [0, 0.1) is 10.1 Å². The summed E-state index contributed by atoms with van der Waals surface area (Å²) in [5, 5.41) is 10.7. The van der Waals surface area contributed by atoms with Crippen molar-refractivity contribution < 1.29 is 14.5 Å². The number of hydrogen-bond donors (Lipinski definition) is 0. The number of carbonyl (C=O) groups excluding carboxylic acids is 1. The number of esters is 1. The lowest BCUT2D eigenvalue weighted by molar-refractivity contribution is -0.381. The van der Waals surface area contributed by atoms with Crippen LogP contribution in [0.4, 0.5) is 5.00 Å². The molecule has 2 rings (SSSR count). The second-order valence-electron chi connectivity index (χ2n) is 3.41. The fourth-order valence-corrected chi connectivity index (χ4v) is 2.39. The third kappa shape index (κ3) is 2.07. The van der Waals surface area contributed by atoms with Crippen LogP contribution in [0.3, 0.4) is 0 Å². The minimum Gasteiger partial charge on any atom is -0.414 e. The molecule has 92 valence electrons. The molecule has 0 N–H and O–H groups in total. The third-order valence-corrected chi connectivity index (χ3v) is 3.25. The van der Waals surface area contributed by atoms with E-state index in [1.165, 1.54) is 6.07 Å². The zero-order chi connectivity index (χ0) is 13.3. The molecule has 0 aliphatic carbocycles. The van der Waals surface area contributed by atoms with Gasteiger partial charge in [-0.1, -0.05) is 23.5 Å². The largest absolute Gasteiger partial charge is 0.414 e. The standard InChI is InChI=1S/C11H7NO5S/c1-6(13)17-10-9(14)7-4-2-3-5-8(7)18-11(10)12(15)16/h2-5H,1H3. The molecule has 1 aromatic heterocycles. The van der Waals surface area contributed by atoms with Crippen LogP contribution in [0.15, 0.2) is 29.1 Å². The number of benzene rings is 1. The van der Waals surface area contributed by atoms with E-state index in [0.29, 0.717) is 10.1 Å². The van der Waals surface area contributed by atoms with Crippen LogP contribution in [0.5, 0.6) is 5.75 Å². The molecule has 7 heteroatoms. The first kappa shape index (κ1) is 12.2. The monoisotopic (exact) mass is 265 g/mol. The van der Waals surface area contributed by atoms with Gasteiger partial charge in [0, 0.05) is 17.0 Å². The molecule has 0 saturated heterocycles. The molecule has 0 atom stereocenters. The summed E-state index contributed by atoms with van der Waals surface area (Å²) in [5.41, 5.74) is -0.647. The van der Waals surface area contributed by atoms with E-state index in [9.17, 15) is 19.7 Å². The summed E-state index contributed by atoms with van der Waals surface area (Å²) < 4.78 is 5.14. The Kier molecular flexibility index (Phi) is 3.07. The molecule has 0 saturated carbocycles. The van der Waals surface area contributed by atoms with Gasteiger partial charge in [0.05, 0.1) is 4.92 Å². The Morgan fingerprint density at radius 1 is 1.39 bits per heavy atom. The smallest absolute Gasteiger partial charge is 0.371 e. The highest BCUT2D eigenvalue weighted by molar-refractivity contribution is 7.21. The highest BCUT2D eigenvalue weighted by atomic mass is 32.1. The minimum atomic E-state index is -0.766. The predicted octanol–water partition coefficient (Wildman–Crippen LogP) is 2.09. The van der Waals surface area contributed by atoms with Gasteiger partial charge in [0.15, 0.2) is 0 Å². The van der Waals surface area contributed by atoms with Gasteiger partial charge in [0.25, 0.3) is 5.75 Å². The Balaban J connectivity index is 2.84. The van der Waals surface area contributed by atoms with Crippen LogP contribution in [0.25, 0.3) is 10.1 Å². The zero-order valence-electron chi connectivity index (χ0n) is 9.21. The first-order valence-electron chi connectivity index (χ1n) is 4.89. The van der Waals surface area contributed by atoms with Crippen molar-refractivity contribution >= 4 is 32.4 Å². The highest BCUT2D eigenvalue weighted by Crippen LogP contribution is 2.33. The summed E-state index contributed by atoms with van der Waals surface area (Å²) in [5.74, 6) is -1.28. The summed E-state index contributed by atoms with van der Waals surface area (Å²) in [6, 6.07) is 6.45. The number of rotatable bonds is 2. The molecule has 0 aliphatic rings. The van der Waals surface area contributed by atoms with E-state index in [2.05, 4.69) is 4.74 Å². The Morgan fingerprint density at radius 2 is 2.06 bits per heavy atom. The molecular formula is C11H7NO5S. The van der Waals surface area contributed by atoms with Crippen molar-refractivity contribution in [2.75, 3.05) is 0 Å². The van der Waals surface area contributed by atoms with E-state index in [1.807, 2.05) is 0 Å². The van der Waals surface area contributed by atoms with Gasteiger partial charge < -0.3 is 4.74 Å². The van der Waals surface area contributed by atoms with E-state index >= 15 is 0 Å². The maximum atomic E-state index is 12.0. The van der Waals surface area contributed by atoms with Crippen LogP contribution >= 0.6 is 11.3 Å². The maximum Gasteiger partial charge on any atom is 0.371 e. The van der Waals surface area contributed by atoms with Gasteiger partial charge in [0.1, 0.15) is 0 Å². The zero-order valence-corrected chi connectivity index (χ0v) is 10.0. The van der Waals surface area contributed by atoms with Gasteiger partial charge in [-0.15, -0.1) is 0 Å². The van der Waals surface area contributed by atoms with Gasteiger partial charge >= 0.3 is 11.0 Å². The Morgan fingerprint density at radius 3 is 2.67 bits per heavy atom. The fraction of sp³-hybridized carbons (Fsp3) is 0.0909. The molecule has 0 aliphatic heterocycles. The lowest BCUT2D eigenvalue weighted by Crippen LogP contribution is -2.13. The summed E-state index contributed by atoms with van der Waals surface area (Å²) in [4.78, 5) is 33.1. The number of nitrogens with zero attached hydrogens (tertiary/aromatic N) is 1. The number of hydrogen-bond acceptors (Lipinski definition) is 6. The first-order valence-corrected chi connectivity index (χ1v) is 5.71. The van der Waals surface area contributed by atoms with Crippen LogP contribution in [-0.4, -0.2) is 10.9 Å². The molecule has 0 radical (unpaired) electrons. The van der Waals surface area contributed by atoms with E-state index in [4.69, 9.17) is 0 Å². The molecule has 0 bridgehead atoms. The van der Waals surface area contributed by atoms with Gasteiger partial charge in [-0.05, 0) is 12.1 Å². The van der Waals surface area contributed by atoms with Gasteiger partial charge in [-0.3, -0.25) is 19.7 Å². The average Bonchev–Trinajstić information content (AvgIpc) is 2.32. The van der Waals surface area contributed by atoms with E-state index in [-0.39, 0.29) is 0 Å². The van der Waals surface area contributed by atoms with Crippen LogP contribution in [0.2, 0.25) is 0 Å². The molecule has 0 unspecified atom stereocenters. The van der Waals surface area contributed by atoms with Gasteiger partial charge in [-0.25, -0.2) is 0 Å². The van der Waals surface area contributed by atoms with E-state index in [1.54, 1.807) is 18.2 Å². The molecule has 2 aromatic rings. The third-order valence-electron chi connectivity index (χ3n) is 2.15. The van der Waals surface area contributed by atoms with Crippen LogP contribution in [0.1, 0.15) is 6.92 Å². The lowest BCUT2D eigenvalue weighted by Gasteiger charge is -2.02. The average molecular weight is 265 g/mol. The lowest BCUT2D eigenvalue weighted by atomic mass is 10.2.